The Labute approximate surface area is 146 Å². The summed E-state index contributed by atoms with van der Waals surface area (Å²) in [6.45, 7) is 4.09. The largest absolute Gasteiger partial charge is 0.496 e. The van der Waals surface area contributed by atoms with E-state index in [4.69, 9.17) is 10.5 Å². The molecule has 0 saturated heterocycles. The first-order chi connectivity index (χ1) is 12.0. The molecule has 2 aromatic heterocycles. The van der Waals surface area contributed by atoms with Crippen LogP contribution in [0.1, 0.15) is 25.5 Å². The average molecular weight is 333 g/mol. The second kappa shape index (κ2) is 6.65. The average Bonchev–Trinajstić information content (AvgIpc) is 3.11. The Morgan fingerprint density at radius 3 is 2.64 bits per heavy atom. The monoisotopic (exact) mass is 333 g/mol. The van der Waals surface area contributed by atoms with Gasteiger partial charge in [0.2, 0.25) is 0 Å². The fraction of sp³-hybridized carbons (Fsp3) is 0.211. The smallest absolute Gasteiger partial charge is 0.142 e. The minimum atomic E-state index is 0.193. The number of nitrogens with two attached hydrogens (primary N) is 1. The summed E-state index contributed by atoms with van der Waals surface area (Å²) in [6, 6.07) is 11.8. The lowest BCUT2D eigenvalue weighted by Crippen LogP contribution is -2.01. The third-order valence-corrected chi connectivity index (χ3v) is 3.98. The van der Waals surface area contributed by atoms with Gasteiger partial charge in [-0.1, -0.05) is 12.1 Å². The number of hydrogen-bond donors (Lipinski definition) is 1. The van der Waals surface area contributed by atoms with Crippen LogP contribution in [0.25, 0.3) is 22.4 Å². The van der Waals surface area contributed by atoms with E-state index in [1.54, 1.807) is 13.3 Å². The van der Waals surface area contributed by atoms with E-state index in [-0.39, 0.29) is 11.9 Å². The quantitative estimate of drug-likeness (QED) is 0.787. The van der Waals surface area contributed by atoms with Crippen molar-refractivity contribution in [2.45, 2.75) is 19.9 Å². The van der Waals surface area contributed by atoms with Gasteiger partial charge >= 0.3 is 0 Å². The fourth-order valence-corrected chi connectivity index (χ4v) is 2.66. The van der Waals surface area contributed by atoms with Gasteiger partial charge in [-0.15, -0.1) is 0 Å². The van der Waals surface area contributed by atoms with Crippen molar-refractivity contribution in [2.75, 3.05) is 12.8 Å². The van der Waals surface area contributed by atoms with E-state index in [2.05, 4.69) is 16.2 Å². The molecule has 2 N–H and O–H groups in total. The molecule has 0 amide bonds. The Bertz CT molecular complexity index is 953. The van der Waals surface area contributed by atoms with Crippen molar-refractivity contribution in [1.82, 2.24) is 14.8 Å². The number of benzene rings is 1. The molecule has 6 nitrogen and oxygen atoms in total. The van der Waals surface area contributed by atoms with Crippen molar-refractivity contribution in [3.8, 4) is 34.2 Å². The molecule has 3 aromatic rings. The maximum absolute atomic E-state index is 9.52. The number of pyridine rings is 1. The van der Waals surface area contributed by atoms with Crippen LogP contribution < -0.4 is 10.5 Å². The summed E-state index contributed by atoms with van der Waals surface area (Å²) in [5, 5.41) is 13.9. The lowest BCUT2D eigenvalue weighted by Gasteiger charge is -2.11. The van der Waals surface area contributed by atoms with Gasteiger partial charge in [-0.25, -0.2) is 4.98 Å². The summed E-state index contributed by atoms with van der Waals surface area (Å²) in [5.74, 6) is 0.890. The minimum absolute atomic E-state index is 0.193. The second-order valence-corrected chi connectivity index (χ2v) is 5.93. The van der Waals surface area contributed by atoms with E-state index in [9.17, 15) is 5.26 Å². The molecule has 0 fully saturated rings. The van der Waals surface area contributed by atoms with Gasteiger partial charge in [0.15, 0.2) is 0 Å². The minimum Gasteiger partial charge on any atom is -0.496 e. The Hall–Kier alpha value is -3.33. The highest BCUT2D eigenvalue weighted by atomic mass is 16.5. The van der Waals surface area contributed by atoms with Gasteiger partial charge in [0.25, 0.3) is 0 Å². The number of ether oxygens (including phenoxy) is 1. The van der Waals surface area contributed by atoms with E-state index in [0.29, 0.717) is 22.6 Å². The number of anilines is 1. The summed E-state index contributed by atoms with van der Waals surface area (Å²) < 4.78 is 7.26. The first-order valence-corrected chi connectivity index (χ1v) is 7.93. The van der Waals surface area contributed by atoms with Gasteiger partial charge in [0.1, 0.15) is 23.2 Å². The van der Waals surface area contributed by atoms with Crippen molar-refractivity contribution in [2.24, 2.45) is 0 Å². The molecule has 2 heterocycles. The highest BCUT2D eigenvalue weighted by Gasteiger charge is 2.16. The zero-order valence-electron chi connectivity index (χ0n) is 14.4. The summed E-state index contributed by atoms with van der Waals surface area (Å²) in [7, 11) is 1.61. The molecule has 126 valence electrons. The lowest BCUT2D eigenvalue weighted by molar-refractivity contribution is 0.416. The molecular formula is C19H19N5O. The lowest BCUT2D eigenvalue weighted by atomic mass is 10.0. The van der Waals surface area contributed by atoms with E-state index >= 15 is 0 Å². The van der Waals surface area contributed by atoms with Crippen LogP contribution >= 0.6 is 0 Å². The number of hydrogen-bond acceptors (Lipinski definition) is 5. The van der Waals surface area contributed by atoms with Gasteiger partial charge in [-0.2, -0.15) is 10.4 Å². The van der Waals surface area contributed by atoms with Gasteiger partial charge in [-0.05, 0) is 32.0 Å². The zero-order chi connectivity index (χ0) is 18.0. The van der Waals surface area contributed by atoms with E-state index in [1.807, 2.05) is 55.1 Å². The second-order valence-electron chi connectivity index (χ2n) is 5.93. The number of nitriles is 1. The van der Waals surface area contributed by atoms with E-state index < -0.39 is 0 Å². The van der Waals surface area contributed by atoms with E-state index in [1.165, 1.54) is 0 Å². The number of methoxy groups -OCH3 is 1. The Morgan fingerprint density at radius 2 is 2.00 bits per heavy atom. The molecule has 0 aliphatic heterocycles. The maximum atomic E-state index is 9.52. The molecule has 0 saturated carbocycles. The van der Waals surface area contributed by atoms with Crippen molar-refractivity contribution < 1.29 is 4.74 Å². The maximum Gasteiger partial charge on any atom is 0.142 e. The van der Waals surface area contributed by atoms with Gasteiger partial charge < -0.3 is 10.5 Å². The van der Waals surface area contributed by atoms with Crippen LogP contribution in [-0.2, 0) is 0 Å². The molecule has 0 atom stereocenters. The molecule has 0 spiro atoms. The van der Waals surface area contributed by atoms with Crippen molar-refractivity contribution in [3.63, 3.8) is 0 Å². The summed E-state index contributed by atoms with van der Waals surface area (Å²) in [4.78, 5) is 4.40. The first-order valence-electron chi connectivity index (χ1n) is 7.93. The molecule has 25 heavy (non-hydrogen) atoms. The summed E-state index contributed by atoms with van der Waals surface area (Å²) >= 11 is 0. The predicted octanol–water partition coefficient (Wildman–Crippen LogP) is 3.66. The number of para-hydroxylation sites is 1. The molecular weight excluding hydrogens is 314 g/mol. The van der Waals surface area contributed by atoms with Crippen molar-refractivity contribution in [3.05, 3.63) is 48.3 Å². The predicted molar refractivity (Wildman–Crippen MR) is 97.0 cm³/mol. The van der Waals surface area contributed by atoms with Crippen LogP contribution in [0.4, 0.5) is 5.82 Å². The molecule has 0 bridgehead atoms. The number of rotatable bonds is 4. The fourth-order valence-electron chi connectivity index (χ4n) is 2.66. The SMILES string of the molecule is COc1ccccc1-c1cc(-c2cnn(C(C)C)c2)c(C#N)c(N)n1. The standard InChI is InChI=1S/C19H19N5O/c1-12(2)24-11-13(10-22-24)15-8-17(23-19(21)16(15)9-20)14-6-4-5-7-18(14)25-3/h4-8,10-12H,1-3H3,(H2,21,23). The van der Waals surface area contributed by atoms with E-state index in [0.717, 1.165) is 11.1 Å². The number of aromatic nitrogens is 3. The summed E-state index contributed by atoms with van der Waals surface area (Å²) in [5.41, 5.74) is 9.43. The van der Waals surface area contributed by atoms with Gasteiger partial charge in [0.05, 0.1) is 19.0 Å². The van der Waals surface area contributed by atoms with Crippen molar-refractivity contribution >= 4 is 5.82 Å². The first kappa shape index (κ1) is 16.5. The van der Waals surface area contributed by atoms with Crippen LogP contribution in [0.5, 0.6) is 5.75 Å². The normalized spacial score (nSPS) is 10.7. The van der Waals surface area contributed by atoms with Gasteiger partial charge in [-0.3, -0.25) is 4.68 Å². The van der Waals surface area contributed by atoms with Crippen LogP contribution in [0.2, 0.25) is 0 Å². The molecule has 0 unspecified atom stereocenters. The van der Waals surface area contributed by atoms with Crippen molar-refractivity contribution in [1.29, 1.82) is 5.26 Å². The van der Waals surface area contributed by atoms with Crippen LogP contribution in [-0.4, -0.2) is 21.9 Å². The molecule has 0 radical (unpaired) electrons. The Balaban J connectivity index is 2.21. The molecule has 0 aliphatic carbocycles. The third kappa shape index (κ3) is 3.04. The van der Waals surface area contributed by atoms with Crippen LogP contribution in [0, 0.1) is 11.3 Å². The molecule has 0 aliphatic rings. The van der Waals surface area contributed by atoms with Gasteiger partial charge in [0, 0.05) is 28.9 Å². The topological polar surface area (TPSA) is 89.8 Å². The summed E-state index contributed by atoms with van der Waals surface area (Å²) in [6.07, 6.45) is 3.65. The highest BCUT2D eigenvalue weighted by molar-refractivity contribution is 5.81. The third-order valence-electron chi connectivity index (χ3n) is 3.98. The Morgan fingerprint density at radius 1 is 1.24 bits per heavy atom. The highest BCUT2D eigenvalue weighted by Crippen LogP contribution is 2.34. The van der Waals surface area contributed by atoms with Crippen LogP contribution in [0.3, 0.4) is 0 Å². The molecule has 1 aromatic carbocycles. The molecule has 3 rings (SSSR count). The number of nitrogens with zero attached hydrogens (tertiary/aromatic N) is 4. The van der Waals surface area contributed by atoms with Crippen LogP contribution in [0.15, 0.2) is 42.7 Å². The Kier molecular flexibility index (Phi) is 4.40. The number of nitrogen functional groups attached to an aromatic ring is 1. The molecule has 6 heteroatoms. The zero-order valence-corrected chi connectivity index (χ0v) is 14.4.